The molecule has 2 N–H and O–H groups in total. The molecule has 2 aromatic rings. The fraction of sp³-hybridized carbons (Fsp3) is 0.100. The molecular weight excluding hydrogens is 228 g/mol. The first-order valence-corrected chi connectivity index (χ1v) is 4.85. The van der Waals surface area contributed by atoms with Crippen LogP contribution in [-0.2, 0) is 6.42 Å². The maximum Gasteiger partial charge on any atom is 0.0468 e. The molecule has 1 aromatic carbocycles. The molecule has 0 aliphatic rings. The summed E-state index contributed by atoms with van der Waals surface area (Å²) in [6, 6.07) is 6.13. The number of aromatic amines is 1. The number of hydrogen-bond donors (Lipinski definition) is 2. The second-order valence-electron chi connectivity index (χ2n) is 2.91. The second kappa shape index (κ2) is 3.34. The van der Waals surface area contributed by atoms with E-state index in [9.17, 15) is 0 Å². The summed E-state index contributed by atoms with van der Waals surface area (Å²) >= 11 is 3.42. The van der Waals surface area contributed by atoms with Gasteiger partial charge in [0, 0.05) is 28.0 Å². The van der Waals surface area contributed by atoms with E-state index >= 15 is 0 Å². The Hall–Kier alpha value is -1.09. The average Bonchev–Trinajstić information content (AvgIpc) is 2.49. The number of hydrogen-bond acceptors (Lipinski definition) is 1. The van der Waals surface area contributed by atoms with Gasteiger partial charge in [-0.3, -0.25) is 0 Å². The van der Waals surface area contributed by atoms with Gasteiger partial charge in [0.2, 0.25) is 0 Å². The fourth-order valence-corrected chi connectivity index (χ4v) is 1.80. The van der Waals surface area contributed by atoms with E-state index in [0.29, 0.717) is 6.42 Å². The molecule has 1 aromatic heterocycles. The average molecular weight is 237 g/mol. The van der Waals surface area contributed by atoms with Crippen LogP contribution in [0.1, 0.15) is 5.56 Å². The van der Waals surface area contributed by atoms with E-state index in [4.69, 9.17) is 5.41 Å². The number of rotatable bonds is 2. The van der Waals surface area contributed by atoms with E-state index in [1.807, 2.05) is 18.3 Å². The van der Waals surface area contributed by atoms with Crippen molar-refractivity contribution < 1.29 is 0 Å². The normalized spacial score (nSPS) is 10.5. The molecule has 0 fully saturated rings. The fourth-order valence-electron chi connectivity index (χ4n) is 1.44. The molecule has 3 heteroatoms. The summed E-state index contributed by atoms with van der Waals surface area (Å²) in [6.45, 7) is 0. The Kier molecular flexibility index (Phi) is 2.19. The Balaban J connectivity index is 2.61. The molecule has 0 bridgehead atoms. The number of fused-ring (bicyclic) bond motifs is 1. The minimum atomic E-state index is 0.696. The SMILES string of the molecule is N=CCc1c[nH]c2cc(Br)ccc12. The first kappa shape index (κ1) is 8.51. The molecule has 13 heavy (non-hydrogen) atoms. The number of benzene rings is 1. The van der Waals surface area contributed by atoms with Crippen molar-refractivity contribution in [1.29, 1.82) is 5.41 Å². The quantitative estimate of drug-likeness (QED) is 0.753. The summed E-state index contributed by atoms with van der Waals surface area (Å²) in [4.78, 5) is 3.18. The predicted octanol–water partition coefficient (Wildman–Crippen LogP) is 3.12. The molecule has 2 rings (SSSR count). The molecular formula is C10H9BrN2. The zero-order valence-electron chi connectivity index (χ0n) is 6.97. The molecule has 0 unspecified atom stereocenters. The number of H-pyrrole nitrogens is 1. The van der Waals surface area contributed by atoms with Crippen molar-refractivity contribution in [2.24, 2.45) is 0 Å². The van der Waals surface area contributed by atoms with Gasteiger partial charge < -0.3 is 10.4 Å². The lowest BCUT2D eigenvalue weighted by molar-refractivity contribution is 1.34. The predicted molar refractivity (Wildman–Crippen MR) is 58.5 cm³/mol. The third kappa shape index (κ3) is 1.52. The Morgan fingerprint density at radius 3 is 3.08 bits per heavy atom. The van der Waals surface area contributed by atoms with Crippen LogP contribution in [0, 0.1) is 5.41 Å². The molecule has 0 atom stereocenters. The lowest BCUT2D eigenvalue weighted by atomic mass is 10.1. The Morgan fingerprint density at radius 2 is 2.31 bits per heavy atom. The summed E-state index contributed by atoms with van der Waals surface area (Å²) in [7, 11) is 0. The van der Waals surface area contributed by atoms with Gasteiger partial charge in [0.05, 0.1) is 0 Å². The van der Waals surface area contributed by atoms with Crippen LogP contribution < -0.4 is 0 Å². The highest BCUT2D eigenvalue weighted by atomic mass is 79.9. The first-order chi connectivity index (χ1) is 6.31. The Labute approximate surface area is 84.6 Å². The van der Waals surface area contributed by atoms with Crippen LogP contribution in [0.3, 0.4) is 0 Å². The van der Waals surface area contributed by atoms with Crippen LogP contribution in [-0.4, -0.2) is 11.2 Å². The minimum absolute atomic E-state index is 0.696. The number of halogens is 1. The first-order valence-electron chi connectivity index (χ1n) is 4.05. The maximum atomic E-state index is 7.05. The van der Waals surface area contributed by atoms with Gasteiger partial charge in [-0.2, -0.15) is 0 Å². The smallest absolute Gasteiger partial charge is 0.0468 e. The van der Waals surface area contributed by atoms with Gasteiger partial charge in [-0.05, 0) is 23.9 Å². The summed E-state index contributed by atoms with van der Waals surface area (Å²) in [5.74, 6) is 0. The summed E-state index contributed by atoms with van der Waals surface area (Å²) < 4.78 is 1.07. The number of aromatic nitrogens is 1. The van der Waals surface area contributed by atoms with E-state index in [0.717, 1.165) is 9.99 Å². The highest BCUT2D eigenvalue weighted by Gasteiger charge is 2.01. The molecule has 0 aliphatic heterocycles. The monoisotopic (exact) mass is 236 g/mol. The summed E-state index contributed by atoms with van der Waals surface area (Å²) in [5.41, 5.74) is 2.30. The molecule has 0 aliphatic carbocycles. The van der Waals surface area contributed by atoms with E-state index in [1.54, 1.807) is 0 Å². The van der Waals surface area contributed by atoms with Crippen LogP contribution >= 0.6 is 15.9 Å². The van der Waals surface area contributed by atoms with Gasteiger partial charge in [-0.25, -0.2) is 0 Å². The van der Waals surface area contributed by atoms with Crippen molar-refractivity contribution in [1.82, 2.24) is 4.98 Å². The molecule has 2 nitrogen and oxygen atoms in total. The number of nitrogens with one attached hydrogen (secondary N) is 2. The van der Waals surface area contributed by atoms with Crippen LogP contribution in [0.25, 0.3) is 10.9 Å². The minimum Gasteiger partial charge on any atom is -0.361 e. The van der Waals surface area contributed by atoms with Crippen LogP contribution in [0.5, 0.6) is 0 Å². The van der Waals surface area contributed by atoms with Crippen molar-refractivity contribution in [2.45, 2.75) is 6.42 Å². The van der Waals surface area contributed by atoms with Gasteiger partial charge in [-0.15, -0.1) is 0 Å². The van der Waals surface area contributed by atoms with Gasteiger partial charge in [0.15, 0.2) is 0 Å². The Morgan fingerprint density at radius 1 is 1.46 bits per heavy atom. The zero-order chi connectivity index (χ0) is 9.26. The molecule has 1 heterocycles. The van der Waals surface area contributed by atoms with Gasteiger partial charge in [-0.1, -0.05) is 22.0 Å². The van der Waals surface area contributed by atoms with Crippen LogP contribution in [0.15, 0.2) is 28.9 Å². The lowest BCUT2D eigenvalue weighted by Gasteiger charge is -1.93. The largest absolute Gasteiger partial charge is 0.361 e. The van der Waals surface area contributed by atoms with Gasteiger partial charge in [0.25, 0.3) is 0 Å². The van der Waals surface area contributed by atoms with Crippen molar-refractivity contribution in [2.75, 3.05) is 0 Å². The van der Waals surface area contributed by atoms with Crippen molar-refractivity contribution in [3.63, 3.8) is 0 Å². The van der Waals surface area contributed by atoms with E-state index in [1.165, 1.54) is 17.2 Å². The summed E-state index contributed by atoms with van der Waals surface area (Å²) in [6.07, 6.45) is 4.08. The van der Waals surface area contributed by atoms with Crippen molar-refractivity contribution in [3.8, 4) is 0 Å². The van der Waals surface area contributed by atoms with E-state index < -0.39 is 0 Å². The zero-order valence-corrected chi connectivity index (χ0v) is 8.56. The molecule has 0 amide bonds. The third-order valence-corrected chi connectivity index (χ3v) is 2.54. The molecule has 0 saturated heterocycles. The molecule has 0 radical (unpaired) electrons. The molecule has 0 saturated carbocycles. The Bertz CT molecular complexity index is 445. The topological polar surface area (TPSA) is 39.6 Å². The highest BCUT2D eigenvalue weighted by molar-refractivity contribution is 9.10. The highest BCUT2D eigenvalue weighted by Crippen LogP contribution is 2.22. The van der Waals surface area contributed by atoms with E-state index in [2.05, 4.69) is 27.0 Å². The van der Waals surface area contributed by atoms with Crippen LogP contribution in [0.4, 0.5) is 0 Å². The standard InChI is InChI=1S/C10H9BrN2/c11-8-1-2-9-7(3-4-12)6-13-10(9)5-8/h1-2,4-6,12-13H,3H2. The van der Waals surface area contributed by atoms with Crippen molar-refractivity contribution in [3.05, 3.63) is 34.4 Å². The van der Waals surface area contributed by atoms with Crippen molar-refractivity contribution >= 4 is 33.0 Å². The summed E-state index contributed by atoms with van der Waals surface area (Å²) in [5, 5.41) is 8.25. The molecule has 0 spiro atoms. The van der Waals surface area contributed by atoms with Gasteiger partial charge >= 0.3 is 0 Å². The third-order valence-electron chi connectivity index (χ3n) is 2.05. The van der Waals surface area contributed by atoms with E-state index in [-0.39, 0.29) is 0 Å². The molecule has 66 valence electrons. The van der Waals surface area contributed by atoms with Gasteiger partial charge in [0.1, 0.15) is 0 Å². The lowest BCUT2D eigenvalue weighted by Crippen LogP contribution is -1.81. The second-order valence-corrected chi connectivity index (χ2v) is 3.83. The van der Waals surface area contributed by atoms with Crippen LogP contribution in [0.2, 0.25) is 0 Å². The maximum absolute atomic E-state index is 7.05.